The van der Waals surface area contributed by atoms with Crippen LogP contribution in [0.25, 0.3) is 16.7 Å². The van der Waals surface area contributed by atoms with Gasteiger partial charge in [-0.2, -0.15) is 5.10 Å². The Morgan fingerprint density at radius 2 is 1.88 bits per heavy atom. The minimum Gasteiger partial charge on any atom is -0.363 e. The van der Waals surface area contributed by atoms with Crippen LogP contribution in [-0.4, -0.2) is 19.7 Å². The summed E-state index contributed by atoms with van der Waals surface area (Å²) in [5, 5.41) is 9.43. The number of aromatic nitrogens is 4. The van der Waals surface area contributed by atoms with Gasteiger partial charge in [-0.05, 0) is 30.7 Å². The Labute approximate surface area is 150 Å². The Balaban J connectivity index is 1.72. The van der Waals surface area contributed by atoms with Crippen molar-refractivity contribution in [1.29, 1.82) is 0 Å². The third kappa shape index (κ3) is 3.06. The predicted molar refractivity (Wildman–Crippen MR) is 100 cm³/mol. The van der Waals surface area contributed by atoms with Gasteiger partial charge in [-0.1, -0.05) is 48.0 Å². The quantitative estimate of drug-likeness (QED) is 0.583. The van der Waals surface area contributed by atoms with Crippen molar-refractivity contribution in [1.82, 2.24) is 19.7 Å². The number of anilines is 1. The maximum absolute atomic E-state index is 6.09. The number of fused-ring (bicyclic) bond motifs is 1. The molecule has 1 N–H and O–H groups in total. The largest absolute Gasteiger partial charge is 0.363 e. The van der Waals surface area contributed by atoms with Gasteiger partial charge in [0.25, 0.3) is 0 Å². The molecule has 2 aromatic heterocycles. The van der Waals surface area contributed by atoms with Gasteiger partial charge in [0.1, 0.15) is 12.1 Å². The summed E-state index contributed by atoms with van der Waals surface area (Å²) in [7, 11) is 0. The van der Waals surface area contributed by atoms with E-state index in [-0.39, 0.29) is 6.04 Å². The van der Waals surface area contributed by atoms with Gasteiger partial charge in [0.05, 0.1) is 17.3 Å². The summed E-state index contributed by atoms with van der Waals surface area (Å²) < 4.78 is 1.77. The lowest BCUT2D eigenvalue weighted by Crippen LogP contribution is -2.08. The highest BCUT2D eigenvalue weighted by Crippen LogP contribution is 2.26. The molecule has 0 saturated heterocycles. The maximum atomic E-state index is 6.09. The second-order valence-electron chi connectivity index (χ2n) is 5.77. The van der Waals surface area contributed by atoms with E-state index in [1.165, 1.54) is 5.56 Å². The molecule has 0 radical (unpaired) electrons. The smallest absolute Gasteiger partial charge is 0.168 e. The standard InChI is InChI=1S/C19H16ClN5/c1-13(14-6-3-2-4-7-14)24-18-17-11-23-25(19(17)22-12-21-18)16-9-5-8-15(20)10-16/h2-13H,1H3,(H,21,22,24)/t13-/m1/s1. The molecule has 2 aromatic carbocycles. The highest BCUT2D eigenvalue weighted by molar-refractivity contribution is 6.30. The van der Waals surface area contributed by atoms with Crippen LogP contribution in [0.3, 0.4) is 0 Å². The number of nitrogens with one attached hydrogen (secondary N) is 1. The lowest BCUT2D eigenvalue weighted by molar-refractivity contribution is 0.874. The number of benzene rings is 2. The second-order valence-corrected chi connectivity index (χ2v) is 6.21. The molecule has 4 aromatic rings. The fourth-order valence-corrected chi connectivity index (χ4v) is 2.97. The first kappa shape index (κ1) is 15.6. The first-order chi connectivity index (χ1) is 12.2. The van der Waals surface area contributed by atoms with E-state index in [0.29, 0.717) is 5.02 Å². The van der Waals surface area contributed by atoms with Crippen LogP contribution in [0.1, 0.15) is 18.5 Å². The molecular weight excluding hydrogens is 334 g/mol. The van der Waals surface area contributed by atoms with E-state index in [1.54, 1.807) is 17.2 Å². The molecule has 0 amide bonds. The second kappa shape index (κ2) is 6.53. The first-order valence-corrected chi connectivity index (χ1v) is 8.36. The molecule has 0 spiro atoms. The molecule has 5 nitrogen and oxygen atoms in total. The number of nitrogens with zero attached hydrogens (tertiary/aromatic N) is 4. The summed E-state index contributed by atoms with van der Waals surface area (Å²) >= 11 is 6.09. The Kier molecular flexibility index (Phi) is 4.07. The third-order valence-electron chi connectivity index (χ3n) is 4.07. The Morgan fingerprint density at radius 1 is 1.04 bits per heavy atom. The van der Waals surface area contributed by atoms with Crippen LogP contribution >= 0.6 is 11.6 Å². The number of halogens is 1. The predicted octanol–water partition coefficient (Wildman–Crippen LogP) is 4.64. The van der Waals surface area contributed by atoms with Gasteiger partial charge in [0.2, 0.25) is 0 Å². The third-order valence-corrected chi connectivity index (χ3v) is 4.31. The molecule has 0 saturated carbocycles. The Hall–Kier alpha value is -2.92. The van der Waals surface area contributed by atoms with Crippen LogP contribution in [0, 0.1) is 0 Å². The summed E-state index contributed by atoms with van der Waals surface area (Å²) in [6, 6.07) is 17.9. The normalized spacial score (nSPS) is 12.2. The zero-order valence-corrected chi connectivity index (χ0v) is 14.4. The van der Waals surface area contributed by atoms with E-state index in [9.17, 15) is 0 Å². The van der Waals surface area contributed by atoms with Gasteiger partial charge in [-0.3, -0.25) is 0 Å². The van der Waals surface area contributed by atoms with Crippen molar-refractivity contribution in [3.63, 3.8) is 0 Å². The van der Waals surface area contributed by atoms with E-state index in [4.69, 9.17) is 11.6 Å². The summed E-state index contributed by atoms with van der Waals surface area (Å²) in [6.45, 7) is 2.10. The molecule has 124 valence electrons. The SMILES string of the molecule is C[C@@H](Nc1ncnc2c1cnn2-c1cccc(Cl)c1)c1ccccc1. The van der Waals surface area contributed by atoms with Gasteiger partial charge in [0, 0.05) is 11.1 Å². The van der Waals surface area contributed by atoms with Crippen LogP contribution in [0.15, 0.2) is 67.1 Å². The van der Waals surface area contributed by atoms with E-state index in [2.05, 4.69) is 39.4 Å². The lowest BCUT2D eigenvalue weighted by atomic mass is 10.1. The van der Waals surface area contributed by atoms with E-state index in [0.717, 1.165) is 22.5 Å². The minimum absolute atomic E-state index is 0.119. The molecule has 6 heteroatoms. The monoisotopic (exact) mass is 349 g/mol. The van der Waals surface area contributed by atoms with Crippen LogP contribution in [0.2, 0.25) is 5.02 Å². The molecule has 4 rings (SSSR count). The lowest BCUT2D eigenvalue weighted by Gasteiger charge is -2.15. The summed E-state index contributed by atoms with van der Waals surface area (Å²) in [5.74, 6) is 0.759. The van der Waals surface area contributed by atoms with E-state index >= 15 is 0 Å². The molecule has 25 heavy (non-hydrogen) atoms. The summed E-state index contributed by atoms with van der Waals surface area (Å²) in [4.78, 5) is 8.79. The van der Waals surface area contributed by atoms with Crippen molar-refractivity contribution in [2.45, 2.75) is 13.0 Å². The molecular formula is C19H16ClN5. The Morgan fingerprint density at radius 3 is 2.68 bits per heavy atom. The minimum atomic E-state index is 0.119. The topological polar surface area (TPSA) is 55.6 Å². The summed E-state index contributed by atoms with van der Waals surface area (Å²) in [5.41, 5.74) is 2.79. The average Bonchev–Trinajstić information content (AvgIpc) is 3.07. The van der Waals surface area contributed by atoms with Crippen LogP contribution < -0.4 is 5.32 Å². The van der Waals surface area contributed by atoms with Gasteiger partial charge in [-0.25, -0.2) is 14.6 Å². The van der Waals surface area contributed by atoms with Crippen LogP contribution in [0.5, 0.6) is 0 Å². The maximum Gasteiger partial charge on any atom is 0.168 e. The van der Waals surface area contributed by atoms with Crippen molar-refractivity contribution >= 4 is 28.5 Å². The van der Waals surface area contributed by atoms with Gasteiger partial charge >= 0.3 is 0 Å². The van der Waals surface area contributed by atoms with Crippen molar-refractivity contribution in [2.75, 3.05) is 5.32 Å². The number of hydrogen-bond acceptors (Lipinski definition) is 4. The number of hydrogen-bond donors (Lipinski definition) is 1. The van der Waals surface area contributed by atoms with Crippen LogP contribution in [0.4, 0.5) is 5.82 Å². The number of rotatable bonds is 4. The molecule has 0 aliphatic rings. The summed E-state index contributed by atoms with van der Waals surface area (Å²) in [6.07, 6.45) is 3.32. The highest BCUT2D eigenvalue weighted by Gasteiger charge is 2.13. The highest BCUT2D eigenvalue weighted by atomic mass is 35.5. The molecule has 2 heterocycles. The first-order valence-electron chi connectivity index (χ1n) is 7.98. The van der Waals surface area contributed by atoms with Gasteiger partial charge in [0.15, 0.2) is 5.65 Å². The van der Waals surface area contributed by atoms with Crippen LogP contribution in [-0.2, 0) is 0 Å². The van der Waals surface area contributed by atoms with Crippen molar-refractivity contribution < 1.29 is 0 Å². The molecule has 0 aliphatic carbocycles. The molecule has 1 atom stereocenters. The zero-order chi connectivity index (χ0) is 17.2. The fraction of sp³-hybridized carbons (Fsp3) is 0.105. The van der Waals surface area contributed by atoms with Crippen molar-refractivity contribution in [2.24, 2.45) is 0 Å². The molecule has 0 aliphatic heterocycles. The zero-order valence-electron chi connectivity index (χ0n) is 13.6. The van der Waals surface area contributed by atoms with Crippen molar-refractivity contribution in [3.8, 4) is 5.69 Å². The Bertz CT molecular complexity index is 1010. The van der Waals surface area contributed by atoms with Crippen molar-refractivity contribution in [3.05, 3.63) is 77.7 Å². The molecule has 0 bridgehead atoms. The fourth-order valence-electron chi connectivity index (χ4n) is 2.79. The van der Waals surface area contributed by atoms with Gasteiger partial charge < -0.3 is 5.32 Å². The van der Waals surface area contributed by atoms with E-state index < -0.39 is 0 Å². The van der Waals surface area contributed by atoms with Gasteiger partial charge in [-0.15, -0.1) is 0 Å². The molecule has 0 fully saturated rings. The average molecular weight is 350 g/mol. The van der Waals surface area contributed by atoms with E-state index in [1.807, 2.05) is 42.5 Å². The molecule has 0 unspecified atom stereocenters.